The molecule has 0 spiro atoms. The summed E-state index contributed by atoms with van der Waals surface area (Å²) >= 11 is 0. The normalized spacial score (nSPS) is 12.3. The van der Waals surface area contributed by atoms with Crippen molar-refractivity contribution >= 4 is 12.2 Å². The number of ether oxygens (including phenoxy) is 1. The number of hydrogen-bond donors (Lipinski definition) is 1. The number of methoxy groups -OCH3 is 1. The van der Waals surface area contributed by atoms with E-state index in [0.29, 0.717) is 6.42 Å². The molecule has 0 aliphatic rings. The Balaban J connectivity index is 4.47. The summed E-state index contributed by atoms with van der Waals surface area (Å²) in [5.74, 6) is -0.152. The highest BCUT2D eigenvalue weighted by atomic mass is 16.5. The minimum atomic E-state index is -0.152. The van der Waals surface area contributed by atoms with Gasteiger partial charge in [-0.2, -0.15) is 5.10 Å². The predicted octanol–water partition coefficient (Wildman–Crippen LogP) is 2.71. The summed E-state index contributed by atoms with van der Waals surface area (Å²) in [6, 6.07) is 0. The van der Waals surface area contributed by atoms with Gasteiger partial charge in [-0.05, 0) is 39.8 Å². The summed E-state index contributed by atoms with van der Waals surface area (Å²) < 4.78 is 4.65. The van der Waals surface area contributed by atoms with Crippen LogP contribution >= 0.6 is 0 Å². The van der Waals surface area contributed by atoms with E-state index in [-0.39, 0.29) is 5.97 Å². The molecule has 1 N–H and O–H groups in total. The van der Waals surface area contributed by atoms with Gasteiger partial charge in [0, 0.05) is 37.8 Å². The molecule has 0 aromatic heterocycles. The van der Waals surface area contributed by atoms with E-state index in [1.807, 2.05) is 38.1 Å². The Kier molecular flexibility index (Phi) is 12.3. The topological polar surface area (TPSA) is 53.9 Å². The number of carbonyl (C=O) groups is 1. The van der Waals surface area contributed by atoms with Crippen molar-refractivity contribution in [2.45, 2.75) is 39.5 Å². The van der Waals surface area contributed by atoms with E-state index >= 15 is 0 Å². The standard InChI is InChI=1S/C16H29N3O2/c1-5-7-12-18-19(15(6-2)11-13-17-3)14-9-8-10-16(20)21-4/h5-7,12,17H,8-11,13-14H2,1-4H3/b7-5+,15-6+,18-12+. The van der Waals surface area contributed by atoms with Gasteiger partial charge in [0.2, 0.25) is 0 Å². The summed E-state index contributed by atoms with van der Waals surface area (Å²) in [6.45, 7) is 5.70. The average molecular weight is 295 g/mol. The zero-order valence-corrected chi connectivity index (χ0v) is 13.8. The second-order valence-corrected chi connectivity index (χ2v) is 4.58. The number of rotatable bonds is 11. The Morgan fingerprint density at radius 1 is 1.29 bits per heavy atom. The quantitative estimate of drug-likeness (QED) is 0.276. The van der Waals surface area contributed by atoms with Crippen LogP contribution in [0.1, 0.15) is 39.5 Å². The number of unbranched alkanes of at least 4 members (excludes halogenated alkanes) is 1. The van der Waals surface area contributed by atoms with E-state index in [1.165, 1.54) is 12.8 Å². The Morgan fingerprint density at radius 2 is 2.05 bits per heavy atom. The fourth-order valence-corrected chi connectivity index (χ4v) is 1.79. The molecule has 0 heterocycles. The zero-order chi connectivity index (χ0) is 15.9. The molecule has 0 aliphatic carbocycles. The highest BCUT2D eigenvalue weighted by Gasteiger charge is 2.07. The third kappa shape index (κ3) is 9.85. The second kappa shape index (κ2) is 13.4. The Hall–Kier alpha value is -1.62. The van der Waals surface area contributed by atoms with Crippen molar-refractivity contribution < 1.29 is 9.53 Å². The molecule has 0 bridgehead atoms. The first-order chi connectivity index (χ1) is 10.2. The molecule has 0 rings (SSSR count). The third-order valence-electron chi connectivity index (χ3n) is 3.01. The molecule has 5 heteroatoms. The summed E-state index contributed by atoms with van der Waals surface area (Å²) in [7, 11) is 3.36. The van der Waals surface area contributed by atoms with Crippen LogP contribution in [0.25, 0.3) is 0 Å². The first-order valence-electron chi connectivity index (χ1n) is 7.49. The largest absolute Gasteiger partial charge is 0.469 e. The molecule has 0 fully saturated rings. The van der Waals surface area contributed by atoms with Crippen LogP contribution in [-0.4, -0.2) is 44.4 Å². The number of hydrazone groups is 1. The van der Waals surface area contributed by atoms with Crippen LogP contribution in [0.4, 0.5) is 0 Å². The van der Waals surface area contributed by atoms with Crippen LogP contribution in [0.15, 0.2) is 29.0 Å². The monoisotopic (exact) mass is 295 g/mol. The first-order valence-corrected chi connectivity index (χ1v) is 7.49. The molecule has 0 saturated heterocycles. The highest BCUT2D eigenvalue weighted by molar-refractivity contribution is 5.70. The second-order valence-electron chi connectivity index (χ2n) is 4.58. The number of allylic oxidation sites excluding steroid dienone is 3. The number of nitrogens with zero attached hydrogens (tertiary/aromatic N) is 2. The van der Waals surface area contributed by atoms with Gasteiger partial charge in [0.25, 0.3) is 0 Å². The van der Waals surface area contributed by atoms with Gasteiger partial charge < -0.3 is 10.1 Å². The minimum Gasteiger partial charge on any atom is -0.469 e. The SMILES string of the molecule is C/C=C/C=N/N(CCCCC(=O)OC)/C(=C/C)CCNC. The number of carbonyl (C=O) groups excluding carboxylic acids is 1. The molecule has 0 amide bonds. The van der Waals surface area contributed by atoms with Gasteiger partial charge in [0.1, 0.15) is 0 Å². The summed E-state index contributed by atoms with van der Waals surface area (Å²) in [4.78, 5) is 11.1. The van der Waals surface area contributed by atoms with Crippen molar-refractivity contribution in [2.24, 2.45) is 5.10 Å². The van der Waals surface area contributed by atoms with Gasteiger partial charge in [-0.15, -0.1) is 0 Å². The molecule has 0 aliphatic heterocycles. The van der Waals surface area contributed by atoms with Crippen molar-refractivity contribution in [2.75, 3.05) is 27.2 Å². The van der Waals surface area contributed by atoms with Crippen molar-refractivity contribution in [3.05, 3.63) is 23.9 Å². The fourth-order valence-electron chi connectivity index (χ4n) is 1.79. The maximum absolute atomic E-state index is 11.1. The van der Waals surface area contributed by atoms with Gasteiger partial charge in [-0.3, -0.25) is 9.80 Å². The van der Waals surface area contributed by atoms with Crippen LogP contribution in [-0.2, 0) is 9.53 Å². The van der Waals surface area contributed by atoms with E-state index in [4.69, 9.17) is 0 Å². The molecular formula is C16H29N3O2. The lowest BCUT2D eigenvalue weighted by atomic mass is 10.2. The van der Waals surface area contributed by atoms with E-state index < -0.39 is 0 Å². The average Bonchev–Trinajstić information content (AvgIpc) is 2.51. The molecule has 0 aromatic rings. The molecule has 0 atom stereocenters. The van der Waals surface area contributed by atoms with E-state index in [0.717, 1.165) is 32.4 Å². The Labute approximate surface area is 128 Å². The molecule has 0 unspecified atom stereocenters. The van der Waals surface area contributed by atoms with Crippen LogP contribution in [0.5, 0.6) is 0 Å². The minimum absolute atomic E-state index is 0.152. The van der Waals surface area contributed by atoms with Crippen molar-refractivity contribution in [3.8, 4) is 0 Å². The Bertz CT molecular complexity index is 363. The van der Waals surface area contributed by atoms with Gasteiger partial charge >= 0.3 is 5.97 Å². The van der Waals surface area contributed by atoms with Crippen LogP contribution in [0.2, 0.25) is 0 Å². The lowest BCUT2D eigenvalue weighted by molar-refractivity contribution is -0.140. The first kappa shape index (κ1) is 19.4. The van der Waals surface area contributed by atoms with Crippen LogP contribution in [0.3, 0.4) is 0 Å². The molecule has 0 saturated carbocycles. The molecule has 120 valence electrons. The lowest BCUT2D eigenvalue weighted by Gasteiger charge is -2.22. The maximum atomic E-state index is 11.1. The van der Waals surface area contributed by atoms with Gasteiger partial charge in [0.15, 0.2) is 0 Å². The number of nitrogens with one attached hydrogen (secondary N) is 1. The number of esters is 1. The molecule has 5 nitrogen and oxygen atoms in total. The fraction of sp³-hybridized carbons (Fsp3) is 0.625. The molecular weight excluding hydrogens is 266 g/mol. The summed E-state index contributed by atoms with van der Waals surface area (Å²) in [5, 5.41) is 9.64. The Morgan fingerprint density at radius 3 is 2.62 bits per heavy atom. The van der Waals surface area contributed by atoms with E-state index in [1.54, 1.807) is 6.21 Å². The van der Waals surface area contributed by atoms with Gasteiger partial charge in [0.05, 0.1) is 7.11 Å². The van der Waals surface area contributed by atoms with Crippen molar-refractivity contribution in [3.63, 3.8) is 0 Å². The van der Waals surface area contributed by atoms with Crippen LogP contribution in [0, 0.1) is 0 Å². The van der Waals surface area contributed by atoms with E-state index in [2.05, 4.69) is 21.2 Å². The smallest absolute Gasteiger partial charge is 0.305 e. The number of hydrogen-bond acceptors (Lipinski definition) is 5. The third-order valence-corrected chi connectivity index (χ3v) is 3.01. The van der Waals surface area contributed by atoms with Crippen molar-refractivity contribution in [1.29, 1.82) is 0 Å². The summed E-state index contributed by atoms with van der Waals surface area (Å²) in [5.41, 5.74) is 1.18. The summed E-state index contributed by atoms with van der Waals surface area (Å²) in [6.07, 6.45) is 10.8. The molecule has 21 heavy (non-hydrogen) atoms. The predicted molar refractivity (Wildman–Crippen MR) is 88.2 cm³/mol. The lowest BCUT2D eigenvalue weighted by Crippen LogP contribution is -2.21. The van der Waals surface area contributed by atoms with Gasteiger partial charge in [-0.1, -0.05) is 12.2 Å². The molecule has 0 aromatic carbocycles. The molecule has 0 radical (unpaired) electrons. The maximum Gasteiger partial charge on any atom is 0.305 e. The van der Waals surface area contributed by atoms with Crippen molar-refractivity contribution in [1.82, 2.24) is 10.3 Å². The van der Waals surface area contributed by atoms with E-state index in [9.17, 15) is 4.79 Å². The van der Waals surface area contributed by atoms with Crippen LogP contribution < -0.4 is 5.32 Å². The highest BCUT2D eigenvalue weighted by Crippen LogP contribution is 2.11. The van der Waals surface area contributed by atoms with Gasteiger partial charge in [-0.25, -0.2) is 0 Å². The zero-order valence-electron chi connectivity index (χ0n) is 13.8.